The zero-order valence-electron chi connectivity index (χ0n) is 13.2. The first kappa shape index (κ1) is 16.3. The van der Waals surface area contributed by atoms with E-state index < -0.39 is 11.9 Å². The lowest BCUT2D eigenvalue weighted by Crippen LogP contribution is -2.30. The Bertz CT molecular complexity index is 550. The highest BCUT2D eigenvalue weighted by molar-refractivity contribution is 5.86. The second kappa shape index (κ2) is 7.29. The molecule has 1 aromatic rings. The number of amides is 1. The van der Waals surface area contributed by atoms with Crippen molar-refractivity contribution >= 4 is 11.9 Å². The number of hydrogen-bond acceptors (Lipinski definition) is 3. The van der Waals surface area contributed by atoms with Gasteiger partial charge >= 0.3 is 5.97 Å². The number of aryl methyl sites for hydroxylation is 1. The van der Waals surface area contributed by atoms with Crippen molar-refractivity contribution in [2.75, 3.05) is 20.2 Å². The molecular formula is C17H23NO4. The number of ether oxygens (including phenoxy) is 1. The summed E-state index contributed by atoms with van der Waals surface area (Å²) in [7, 11) is 1.52. The lowest BCUT2D eigenvalue weighted by molar-refractivity contribution is -0.142. The van der Waals surface area contributed by atoms with Gasteiger partial charge in [-0.3, -0.25) is 9.59 Å². The Morgan fingerprint density at radius 1 is 1.32 bits per heavy atom. The number of carbonyl (C=O) groups excluding carboxylic acids is 1. The van der Waals surface area contributed by atoms with E-state index in [1.165, 1.54) is 7.11 Å². The fraction of sp³-hybridized carbons (Fsp3) is 0.529. The van der Waals surface area contributed by atoms with Gasteiger partial charge in [0.15, 0.2) is 0 Å². The maximum atomic E-state index is 12.3. The highest BCUT2D eigenvalue weighted by Gasteiger charge is 2.29. The molecule has 1 atom stereocenters. The summed E-state index contributed by atoms with van der Waals surface area (Å²) < 4.78 is 5.29. The van der Waals surface area contributed by atoms with E-state index in [4.69, 9.17) is 4.74 Å². The summed E-state index contributed by atoms with van der Waals surface area (Å²) in [6.07, 6.45) is 2.79. The number of hydrogen-bond donors (Lipinski definition) is 1. The maximum absolute atomic E-state index is 12.3. The van der Waals surface area contributed by atoms with Gasteiger partial charge < -0.3 is 14.7 Å². The van der Waals surface area contributed by atoms with Crippen LogP contribution in [0.15, 0.2) is 18.2 Å². The first-order valence-electron chi connectivity index (χ1n) is 7.74. The van der Waals surface area contributed by atoms with Gasteiger partial charge in [-0.25, -0.2) is 0 Å². The number of aliphatic carboxylic acids is 1. The van der Waals surface area contributed by atoms with Crippen LogP contribution >= 0.6 is 0 Å². The smallest absolute Gasteiger partial charge is 0.311 e. The van der Waals surface area contributed by atoms with Gasteiger partial charge in [-0.2, -0.15) is 0 Å². The lowest BCUT2D eigenvalue weighted by Gasteiger charge is -2.20. The Hall–Kier alpha value is -2.04. The van der Waals surface area contributed by atoms with Gasteiger partial charge in [0.2, 0.25) is 5.91 Å². The average molecular weight is 305 g/mol. The summed E-state index contributed by atoms with van der Waals surface area (Å²) >= 11 is 0. The highest BCUT2D eigenvalue weighted by atomic mass is 16.5. The molecule has 1 N–H and O–H groups in total. The van der Waals surface area contributed by atoms with E-state index in [1.807, 2.05) is 19.1 Å². The van der Waals surface area contributed by atoms with E-state index in [1.54, 1.807) is 11.0 Å². The lowest BCUT2D eigenvalue weighted by atomic mass is 9.92. The molecule has 0 aromatic heterocycles. The Kier molecular flexibility index (Phi) is 5.41. The standard InChI is InChI=1S/C17H23NO4/c1-3-12-6-7-15(22-2)13(10-12)14(17(20)21)11-16(19)18-8-4-5-9-18/h6-7,10,14H,3-5,8-9,11H2,1-2H3,(H,20,21). The van der Waals surface area contributed by atoms with Crippen molar-refractivity contribution in [2.45, 2.75) is 38.5 Å². The number of likely N-dealkylation sites (tertiary alicyclic amines) is 1. The predicted octanol–water partition coefficient (Wildman–Crippen LogP) is 2.44. The monoisotopic (exact) mass is 305 g/mol. The third-order valence-corrected chi connectivity index (χ3v) is 4.21. The Morgan fingerprint density at radius 3 is 2.55 bits per heavy atom. The summed E-state index contributed by atoms with van der Waals surface area (Å²) in [5.74, 6) is -1.42. The SMILES string of the molecule is CCc1ccc(OC)c(C(CC(=O)N2CCCC2)C(=O)O)c1. The van der Waals surface area contributed by atoms with Crippen molar-refractivity contribution in [3.63, 3.8) is 0 Å². The van der Waals surface area contributed by atoms with Crippen LogP contribution in [0, 0.1) is 0 Å². The first-order valence-corrected chi connectivity index (χ1v) is 7.74. The van der Waals surface area contributed by atoms with Crippen LogP contribution in [0.4, 0.5) is 0 Å². The zero-order chi connectivity index (χ0) is 16.1. The normalized spacial score (nSPS) is 15.6. The summed E-state index contributed by atoms with van der Waals surface area (Å²) in [5, 5.41) is 9.58. The van der Waals surface area contributed by atoms with Gasteiger partial charge in [0.1, 0.15) is 5.75 Å². The van der Waals surface area contributed by atoms with E-state index in [2.05, 4.69) is 0 Å². The van der Waals surface area contributed by atoms with E-state index in [0.29, 0.717) is 11.3 Å². The van der Waals surface area contributed by atoms with Crippen LogP contribution in [0.25, 0.3) is 0 Å². The molecule has 5 nitrogen and oxygen atoms in total. The molecule has 120 valence electrons. The van der Waals surface area contributed by atoms with Gasteiger partial charge in [-0.1, -0.05) is 19.1 Å². The van der Waals surface area contributed by atoms with Crippen LogP contribution in [0.5, 0.6) is 5.75 Å². The molecule has 1 saturated heterocycles. The van der Waals surface area contributed by atoms with Gasteiger partial charge in [0, 0.05) is 25.1 Å². The minimum Gasteiger partial charge on any atom is -0.496 e. The summed E-state index contributed by atoms with van der Waals surface area (Å²) in [5.41, 5.74) is 1.62. The number of rotatable bonds is 6. The highest BCUT2D eigenvalue weighted by Crippen LogP contribution is 2.31. The van der Waals surface area contributed by atoms with Crippen molar-refractivity contribution in [2.24, 2.45) is 0 Å². The van der Waals surface area contributed by atoms with Gasteiger partial charge in [0.05, 0.1) is 13.0 Å². The van der Waals surface area contributed by atoms with E-state index in [0.717, 1.165) is 37.9 Å². The third-order valence-electron chi connectivity index (χ3n) is 4.21. The minimum absolute atomic E-state index is 0.0150. The Morgan fingerprint density at radius 2 is 2.00 bits per heavy atom. The molecule has 1 amide bonds. The van der Waals surface area contributed by atoms with Gasteiger partial charge in [-0.05, 0) is 30.9 Å². The number of methoxy groups -OCH3 is 1. The summed E-state index contributed by atoms with van der Waals surface area (Å²) in [6.45, 7) is 3.48. The van der Waals surface area contributed by atoms with Crippen LogP contribution in [0.1, 0.15) is 43.2 Å². The van der Waals surface area contributed by atoms with E-state index in [-0.39, 0.29) is 12.3 Å². The molecule has 1 fully saturated rings. The van der Waals surface area contributed by atoms with Crippen LogP contribution in [0.2, 0.25) is 0 Å². The van der Waals surface area contributed by atoms with Crippen LogP contribution < -0.4 is 4.74 Å². The van der Waals surface area contributed by atoms with Crippen LogP contribution in [-0.4, -0.2) is 42.1 Å². The molecule has 0 aliphatic carbocycles. The van der Waals surface area contributed by atoms with Crippen molar-refractivity contribution in [3.05, 3.63) is 29.3 Å². The molecule has 1 unspecified atom stereocenters. The maximum Gasteiger partial charge on any atom is 0.311 e. The molecule has 5 heteroatoms. The first-order chi connectivity index (χ1) is 10.6. The number of carbonyl (C=O) groups is 2. The second-order valence-electron chi connectivity index (χ2n) is 5.61. The fourth-order valence-electron chi connectivity index (χ4n) is 2.88. The largest absolute Gasteiger partial charge is 0.496 e. The molecule has 22 heavy (non-hydrogen) atoms. The Balaban J connectivity index is 2.27. The van der Waals surface area contributed by atoms with Crippen molar-refractivity contribution in [1.82, 2.24) is 4.90 Å². The minimum atomic E-state index is -0.987. The average Bonchev–Trinajstić information content (AvgIpc) is 3.06. The quantitative estimate of drug-likeness (QED) is 0.876. The molecule has 0 saturated carbocycles. The van der Waals surface area contributed by atoms with Crippen molar-refractivity contribution in [1.29, 1.82) is 0 Å². The third kappa shape index (κ3) is 3.59. The van der Waals surface area contributed by atoms with Gasteiger partial charge in [-0.15, -0.1) is 0 Å². The molecule has 0 spiro atoms. The molecular weight excluding hydrogens is 282 g/mol. The van der Waals surface area contributed by atoms with E-state index in [9.17, 15) is 14.7 Å². The molecule has 1 aliphatic rings. The number of benzene rings is 1. The second-order valence-corrected chi connectivity index (χ2v) is 5.61. The fourth-order valence-corrected chi connectivity index (χ4v) is 2.88. The van der Waals surface area contributed by atoms with Crippen LogP contribution in [0.3, 0.4) is 0 Å². The predicted molar refractivity (Wildman–Crippen MR) is 83.2 cm³/mol. The molecule has 0 radical (unpaired) electrons. The zero-order valence-corrected chi connectivity index (χ0v) is 13.2. The number of carboxylic acid groups (broad SMARTS) is 1. The molecule has 2 rings (SSSR count). The van der Waals surface area contributed by atoms with E-state index >= 15 is 0 Å². The number of nitrogens with zero attached hydrogens (tertiary/aromatic N) is 1. The summed E-state index contributed by atoms with van der Waals surface area (Å²) in [6, 6.07) is 5.54. The van der Waals surface area contributed by atoms with Crippen molar-refractivity contribution in [3.8, 4) is 5.75 Å². The van der Waals surface area contributed by atoms with Crippen molar-refractivity contribution < 1.29 is 19.4 Å². The molecule has 0 bridgehead atoms. The molecule has 1 aromatic carbocycles. The topological polar surface area (TPSA) is 66.8 Å². The molecule has 1 aliphatic heterocycles. The summed E-state index contributed by atoms with van der Waals surface area (Å²) in [4.78, 5) is 25.8. The van der Waals surface area contributed by atoms with Crippen LogP contribution in [-0.2, 0) is 16.0 Å². The van der Waals surface area contributed by atoms with Gasteiger partial charge in [0.25, 0.3) is 0 Å². The Labute approximate surface area is 130 Å². The molecule has 1 heterocycles. The number of carboxylic acids is 1.